The Morgan fingerprint density at radius 1 is 1.08 bits per heavy atom. The van der Waals surface area contributed by atoms with Crippen LogP contribution in [0.25, 0.3) is 11.6 Å². The van der Waals surface area contributed by atoms with Gasteiger partial charge in [0.05, 0.1) is 5.69 Å². The summed E-state index contributed by atoms with van der Waals surface area (Å²) in [7, 11) is 0. The van der Waals surface area contributed by atoms with Gasteiger partial charge in [0.2, 0.25) is 5.89 Å². The van der Waals surface area contributed by atoms with Crippen LogP contribution in [0, 0.1) is 13.8 Å². The maximum Gasteiger partial charge on any atom is 0.270 e. The molecule has 1 amide bonds. The van der Waals surface area contributed by atoms with Gasteiger partial charge in [-0.3, -0.25) is 9.69 Å². The van der Waals surface area contributed by atoms with E-state index in [0.29, 0.717) is 34.3 Å². The summed E-state index contributed by atoms with van der Waals surface area (Å²) < 4.78 is 5.50. The van der Waals surface area contributed by atoms with Gasteiger partial charge in [0, 0.05) is 62.3 Å². The summed E-state index contributed by atoms with van der Waals surface area (Å²) in [6.45, 7) is 10.1. The molecule has 0 saturated carbocycles. The number of carbonyl (C=O) groups excluding carboxylic acids is 1. The number of nitrogens with two attached hydrogens (primary N) is 1. The first-order valence-corrected chi connectivity index (χ1v) is 13.2. The fourth-order valence-corrected chi connectivity index (χ4v) is 5.58. The molecule has 2 saturated heterocycles. The van der Waals surface area contributed by atoms with Crippen LogP contribution in [0.2, 0.25) is 5.02 Å². The van der Waals surface area contributed by atoms with Gasteiger partial charge < -0.3 is 20.0 Å². The van der Waals surface area contributed by atoms with Gasteiger partial charge in [-0.2, -0.15) is 0 Å². The third-order valence-electron chi connectivity index (χ3n) is 7.41. The van der Waals surface area contributed by atoms with Crippen LogP contribution in [0.4, 0.5) is 11.6 Å². The predicted octanol–water partition coefficient (Wildman–Crippen LogP) is 3.58. The van der Waals surface area contributed by atoms with E-state index in [1.807, 2.05) is 11.8 Å². The van der Waals surface area contributed by atoms with E-state index in [4.69, 9.17) is 26.7 Å². The molecule has 1 aromatic carbocycles. The first kappa shape index (κ1) is 25.4. The summed E-state index contributed by atoms with van der Waals surface area (Å²) in [4.78, 5) is 29.1. The Balaban J connectivity index is 1.23. The lowest BCUT2D eigenvalue weighted by molar-refractivity contribution is 0.0490. The minimum absolute atomic E-state index is 0.0813. The quantitative estimate of drug-likeness (QED) is 0.534. The van der Waals surface area contributed by atoms with Crippen molar-refractivity contribution >= 4 is 29.1 Å². The highest BCUT2D eigenvalue weighted by atomic mass is 35.5. The topological polar surface area (TPSA) is 118 Å². The second-order valence-corrected chi connectivity index (χ2v) is 10.2. The average Bonchev–Trinajstić information content (AvgIpc) is 3.35. The molecule has 10 nitrogen and oxygen atoms in total. The largest absolute Gasteiger partial charge is 0.420 e. The minimum atomic E-state index is 0.0813. The molecule has 0 aliphatic carbocycles. The molecule has 37 heavy (non-hydrogen) atoms. The number of amides is 1. The van der Waals surface area contributed by atoms with Crippen molar-refractivity contribution in [2.45, 2.75) is 52.1 Å². The van der Waals surface area contributed by atoms with Gasteiger partial charge in [-0.1, -0.05) is 18.5 Å². The Hall–Kier alpha value is -3.24. The van der Waals surface area contributed by atoms with Crippen LogP contribution in [-0.2, 0) is 0 Å². The second kappa shape index (κ2) is 10.6. The molecular formula is C26H33ClN8O2. The van der Waals surface area contributed by atoms with Crippen molar-refractivity contribution in [1.82, 2.24) is 30.0 Å². The molecule has 2 fully saturated rings. The third kappa shape index (κ3) is 5.26. The van der Waals surface area contributed by atoms with E-state index in [2.05, 4.69) is 31.9 Å². The Morgan fingerprint density at radius 3 is 2.46 bits per heavy atom. The van der Waals surface area contributed by atoms with Crippen LogP contribution in [0.15, 0.2) is 28.7 Å². The summed E-state index contributed by atoms with van der Waals surface area (Å²) in [6.07, 6.45) is 2.97. The third-order valence-corrected chi connectivity index (χ3v) is 7.66. The number of nitrogen functional groups attached to an aromatic ring is 1. The number of nitrogens with zero attached hydrogens (tertiary/aromatic N) is 7. The Kier molecular flexibility index (Phi) is 7.30. The lowest BCUT2D eigenvalue weighted by Crippen LogP contribution is -2.59. The summed E-state index contributed by atoms with van der Waals surface area (Å²) in [5.74, 6) is 1.92. The highest BCUT2D eigenvalue weighted by Crippen LogP contribution is 2.30. The highest BCUT2D eigenvalue weighted by molar-refractivity contribution is 6.30. The maximum atomic E-state index is 12.9. The van der Waals surface area contributed by atoms with Crippen molar-refractivity contribution in [3.8, 4) is 11.6 Å². The molecule has 4 heterocycles. The summed E-state index contributed by atoms with van der Waals surface area (Å²) in [6, 6.07) is 7.99. The zero-order valence-corrected chi connectivity index (χ0v) is 22.3. The number of anilines is 2. The van der Waals surface area contributed by atoms with Crippen molar-refractivity contribution in [2.75, 3.05) is 43.4 Å². The molecule has 196 valence electrons. The zero-order valence-electron chi connectivity index (χ0n) is 21.5. The zero-order chi connectivity index (χ0) is 26.1. The smallest absolute Gasteiger partial charge is 0.270 e. The van der Waals surface area contributed by atoms with E-state index in [1.54, 1.807) is 31.2 Å². The lowest BCUT2D eigenvalue weighted by Gasteiger charge is -2.47. The first-order valence-electron chi connectivity index (χ1n) is 12.8. The molecular weight excluding hydrogens is 492 g/mol. The molecule has 5 rings (SSSR count). The second-order valence-electron chi connectivity index (χ2n) is 9.77. The number of piperazine rings is 1. The van der Waals surface area contributed by atoms with Gasteiger partial charge in [0.1, 0.15) is 0 Å². The molecule has 1 unspecified atom stereocenters. The summed E-state index contributed by atoms with van der Waals surface area (Å²) in [5.41, 5.74) is 8.17. The number of likely N-dealkylation sites (tertiary alicyclic amines) is 1. The standard InChI is InChI=1S/C26H33ClN8O2/c1-4-20-15-34(24-16(2)29-22(23(28)30-24)25-32-31-17(3)37-25)13-14-35(20)21-9-11-33(12-10-21)26(36)18-5-7-19(27)8-6-18/h5-8,20-21H,4,9-15H2,1-3H3,(H2,28,30). The predicted molar refractivity (Wildman–Crippen MR) is 143 cm³/mol. The van der Waals surface area contributed by atoms with E-state index < -0.39 is 0 Å². The van der Waals surface area contributed by atoms with E-state index in [0.717, 1.165) is 63.5 Å². The average molecular weight is 525 g/mol. The van der Waals surface area contributed by atoms with Gasteiger partial charge >= 0.3 is 0 Å². The summed E-state index contributed by atoms with van der Waals surface area (Å²) >= 11 is 5.98. The molecule has 0 radical (unpaired) electrons. The Bertz CT molecular complexity index is 1260. The van der Waals surface area contributed by atoms with Gasteiger partial charge in [-0.05, 0) is 50.5 Å². The molecule has 1 atom stereocenters. The maximum absolute atomic E-state index is 12.9. The van der Waals surface area contributed by atoms with Crippen molar-refractivity contribution in [3.05, 3.63) is 46.4 Å². The van der Waals surface area contributed by atoms with Gasteiger partial charge in [-0.15, -0.1) is 10.2 Å². The number of aryl methyl sites for hydroxylation is 2. The van der Waals surface area contributed by atoms with Crippen LogP contribution in [-0.4, -0.2) is 80.7 Å². The first-order chi connectivity index (χ1) is 17.8. The van der Waals surface area contributed by atoms with Crippen LogP contribution in [0.5, 0.6) is 0 Å². The number of rotatable bonds is 5. The molecule has 3 aromatic rings. The lowest BCUT2D eigenvalue weighted by atomic mass is 9.97. The Labute approximate surface area is 221 Å². The van der Waals surface area contributed by atoms with Crippen LogP contribution >= 0.6 is 11.6 Å². The number of carbonyl (C=O) groups is 1. The van der Waals surface area contributed by atoms with E-state index in [1.165, 1.54) is 0 Å². The van der Waals surface area contributed by atoms with Crippen LogP contribution < -0.4 is 10.6 Å². The number of aromatic nitrogens is 4. The van der Waals surface area contributed by atoms with Crippen molar-refractivity contribution in [1.29, 1.82) is 0 Å². The number of halogens is 1. The molecule has 0 spiro atoms. The fourth-order valence-electron chi connectivity index (χ4n) is 5.45. The Morgan fingerprint density at radius 2 is 1.81 bits per heavy atom. The SMILES string of the molecule is CCC1CN(c2nc(N)c(-c3nnc(C)o3)nc2C)CCN1C1CCN(C(=O)c2ccc(Cl)cc2)CC1. The fraction of sp³-hybridized carbons (Fsp3) is 0.500. The number of hydrogen-bond acceptors (Lipinski definition) is 9. The van der Waals surface area contributed by atoms with Crippen molar-refractivity contribution in [3.63, 3.8) is 0 Å². The van der Waals surface area contributed by atoms with Crippen molar-refractivity contribution < 1.29 is 9.21 Å². The monoisotopic (exact) mass is 524 g/mol. The highest BCUT2D eigenvalue weighted by Gasteiger charge is 2.35. The van der Waals surface area contributed by atoms with Gasteiger partial charge in [0.15, 0.2) is 17.3 Å². The van der Waals surface area contributed by atoms with Gasteiger partial charge in [0.25, 0.3) is 11.8 Å². The number of hydrogen-bond donors (Lipinski definition) is 1. The minimum Gasteiger partial charge on any atom is -0.420 e. The van der Waals surface area contributed by atoms with E-state index in [-0.39, 0.29) is 17.6 Å². The molecule has 2 aliphatic heterocycles. The molecule has 11 heteroatoms. The molecule has 0 bridgehead atoms. The number of benzene rings is 1. The molecule has 2 aromatic heterocycles. The molecule has 2 aliphatic rings. The van der Waals surface area contributed by atoms with E-state index >= 15 is 0 Å². The van der Waals surface area contributed by atoms with Crippen LogP contribution in [0.3, 0.4) is 0 Å². The molecule has 2 N–H and O–H groups in total. The van der Waals surface area contributed by atoms with Crippen molar-refractivity contribution in [2.24, 2.45) is 0 Å². The van der Waals surface area contributed by atoms with Crippen LogP contribution in [0.1, 0.15) is 48.1 Å². The normalized spacial score (nSPS) is 19.4. The summed E-state index contributed by atoms with van der Waals surface area (Å²) in [5, 5.41) is 8.55. The van der Waals surface area contributed by atoms with Gasteiger partial charge in [-0.25, -0.2) is 9.97 Å². The van der Waals surface area contributed by atoms with E-state index in [9.17, 15) is 4.79 Å². The number of piperidine rings is 1.